The van der Waals surface area contributed by atoms with Crippen molar-refractivity contribution in [3.63, 3.8) is 0 Å². The van der Waals surface area contributed by atoms with Gasteiger partial charge in [-0.1, -0.05) is 36.4 Å². The van der Waals surface area contributed by atoms with E-state index in [-0.39, 0.29) is 12.0 Å². The molecular weight excluding hydrogens is 454 g/mol. The van der Waals surface area contributed by atoms with Crippen molar-refractivity contribution in [2.45, 2.75) is 19.6 Å². The van der Waals surface area contributed by atoms with E-state index in [1.54, 1.807) is 18.0 Å². The minimum absolute atomic E-state index is 0.189. The van der Waals surface area contributed by atoms with Crippen LogP contribution in [0.5, 0.6) is 5.75 Å². The van der Waals surface area contributed by atoms with Crippen molar-refractivity contribution in [2.75, 3.05) is 31.7 Å². The van der Waals surface area contributed by atoms with Gasteiger partial charge in [-0.25, -0.2) is 9.67 Å². The third-order valence-corrected chi connectivity index (χ3v) is 6.17. The number of nitrogens with zero attached hydrogens (tertiary/aromatic N) is 4. The topological polar surface area (TPSA) is 81.5 Å². The molecule has 36 heavy (non-hydrogen) atoms. The highest BCUT2D eigenvalue weighted by atomic mass is 16.5. The average Bonchev–Trinajstić information content (AvgIpc) is 3.38. The molecule has 1 unspecified atom stereocenters. The van der Waals surface area contributed by atoms with Crippen LogP contribution >= 0.6 is 0 Å². The maximum atomic E-state index is 13.4. The predicted molar refractivity (Wildman–Crippen MR) is 139 cm³/mol. The van der Waals surface area contributed by atoms with Gasteiger partial charge < -0.3 is 19.7 Å². The molecule has 1 atom stereocenters. The molecule has 184 valence electrons. The van der Waals surface area contributed by atoms with Crippen molar-refractivity contribution < 1.29 is 14.3 Å². The summed E-state index contributed by atoms with van der Waals surface area (Å²) in [6.45, 7) is 4.76. The lowest BCUT2D eigenvalue weighted by Gasteiger charge is -2.32. The van der Waals surface area contributed by atoms with Crippen molar-refractivity contribution in [2.24, 2.45) is 0 Å². The summed E-state index contributed by atoms with van der Waals surface area (Å²) in [5.74, 6) is 1.36. The maximum absolute atomic E-state index is 13.4. The number of para-hydroxylation sites is 2. The molecule has 1 amide bonds. The lowest BCUT2D eigenvalue weighted by molar-refractivity contribution is 0.0529. The summed E-state index contributed by atoms with van der Waals surface area (Å²) in [5, 5.41) is 7.78. The highest BCUT2D eigenvalue weighted by Crippen LogP contribution is 2.31. The fraction of sp³-hybridized carbons (Fsp3) is 0.250. The van der Waals surface area contributed by atoms with E-state index in [2.05, 4.69) is 22.1 Å². The van der Waals surface area contributed by atoms with Gasteiger partial charge >= 0.3 is 0 Å². The number of methoxy groups -OCH3 is 1. The van der Waals surface area contributed by atoms with Crippen molar-refractivity contribution in [1.29, 1.82) is 0 Å². The van der Waals surface area contributed by atoms with Gasteiger partial charge in [-0.3, -0.25) is 4.79 Å². The van der Waals surface area contributed by atoms with Crippen LogP contribution in [-0.2, 0) is 11.3 Å². The minimum Gasteiger partial charge on any atom is -0.496 e. The number of morpholine rings is 1. The van der Waals surface area contributed by atoms with E-state index >= 15 is 0 Å². The first-order chi connectivity index (χ1) is 17.6. The molecule has 0 saturated carbocycles. The van der Waals surface area contributed by atoms with E-state index < -0.39 is 0 Å². The molecule has 1 N–H and O–H groups in total. The average molecular weight is 484 g/mol. The number of anilines is 1. The van der Waals surface area contributed by atoms with E-state index in [1.165, 1.54) is 0 Å². The quantitative estimate of drug-likeness (QED) is 0.426. The molecule has 0 spiro atoms. The van der Waals surface area contributed by atoms with Crippen LogP contribution in [0.1, 0.15) is 22.8 Å². The Morgan fingerprint density at radius 1 is 1.11 bits per heavy atom. The van der Waals surface area contributed by atoms with Crippen molar-refractivity contribution in [3.05, 3.63) is 90.3 Å². The Labute approximate surface area is 210 Å². The third-order valence-electron chi connectivity index (χ3n) is 6.17. The molecule has 2 aromatic heterocycles. The summed E-state index contributed by atoms with van der Waals surface area (Å²) >= 11 is 0. The Morgan fingerprint density at radius 3 is 2.67 bits per heavy atom. The summed E-state index contributed by atoms with van der Waals surface area (Å²) in [7, 11) is 1.61. The van der Waals surface area contributed by atoms with Crippen LogP contribution in [0.25, 0.3) is 16.9 Å². The van der Waals surface area contributed by atoms with Gasteiger partial charge in [0.05, 0.1) is 31.1 Å². The number of rotatable bonds is 7. The Balaban J connectivity index is 1.37. The van der Waals surface area contributed by atoms with Crippen LogP contribution in [0.15, 0.2) is 79.1 Å². The van der Waals surface area contributed by atoms with Crippen LogP contribution in [-0.4, -0.2) is 53.6 Å². The number of aromatic nitrogens is 3. The zero-order chi connectivity index (χ0) is 24.9. The van der Waals surface area contributed by atoms with Crippen LogP contribution in [0.4, 0.5) is 5.82 Å². The van der Waals surface area contributed by atoms with Gasteiger partial charge in [0.25, 0.3) is 5.91 Å². The van der Waals surface area contributed by atoms with Gasteiger partial charge in [-0.15, -0.1) is 0 Å². The third kappa shape index (κ3) is 5.08. The summed E-state index contributed by atoms with van der Waals surface area (Å²) in [6, 6.07) is 21.3. The second-order valence-corrected chi connectivity index (χ2v) is 8.71. The van der Waals surface area contributed by atoms with E-state index in [4.69, 9.17) is 14.6 Å². The zero-order valence-electron chi connectivity index (χ0n) is 20.4. The molecule has 0 bridgehead atoms. The van der Waals surface area contributed by atoms with Gasteiger partial charge in [0.1, 0.15) is 17.3 Å². The van der Waals surface area contributed by atoms with Crippen LogP contribution in [0.2, 0.25) is 0 Å². The number of ether oxygens (including phenoxy) is 2. The van der Waals surface area contributed by atoms with E-state index in [0.29, 0.717) is 30.2 Å². The standard InChI is InChI=1S/C28H29N5O3/c1-20-18-32(14-15-36-20)26-13-12-21(16-29-26)17-30-28(34)24-19-33(22-8-4-3-5-9-22)31-27(24)23-10-6-7-11-25(23)35-2/h3-13,16,19-20H,14-15,17-18H2,1-2H3,(H,30,34). The summed E-state index contributed by atoms with van der Waals surface area (Å²) < 4.78 is 12.9. The molecule has 1 fully saturated rings. The Bertz CT molecular complexity index is 1320. The zero-order valence-corrected chi connectivity index (χ0v) is 20.4. The molecule has 1 aliphatic heterocycles. The van der Waals surface area contributed by atoms with Gasteiger partial charge in [-0.05, 0) is 42.8 Å². The summed E-state index contributed by atoms with van der Waals surface area (Å²) in [6.07, 6.45) is 3.76. The number of amides is 1. The lowest BCUT2D eigenvalue weighted by Crippen LogP contribution is -2.41. The van der Waals surface area contributed by atoms with Crippen LogP contribution in [0, 0.1) is 0 Å². The van der Waals surface area contributed by atoms with Gasteiger partial charge in [0.2, 0.25) is 0 Å². The largest absolute Gasteiger partial charge is 0.496 e. The van der Waals surface area contributed by atoms with Crippen LogP contribution in [0.3, 0.4) is 0 Å². The molecule has 1 saturated heterocycles. The van der Waals surface area contributed by atoms with Gasteiger partial charge in [-0.2, -0.15) is 5.10 Å². The monoisotopic (exact) mass is 483 g/mol. The fourth-order valence-electron chi connectivity index (χ4n) is 4.30. The second-order valence-electron chi connectivity index (χ2n) is 8.71. The molecule has 5 rings (SSSR count). The molecule has 4 aromatic rings. The molecule has 0 radical (unpaired) electrons. The first kappa shape index (κ1) is 23.6. The molecule has 1 aliphatic rings. The number of carbonyl (C=O) groups is 1. The van der Waals surface area contributed by atoms with E-state index in [9.17, 15) is 4.79 Å². The summed E-state index contributed by atoms with van der Waals surface area (Å²) in [4.78, 5) is 20.2. The van der Waals surface area contributed by atoms with Crippen LogP contribution < -0.4 is 15.0 Å². The number of benzene rings is 2. The molecule has 8 heteroatoms. The fourth-order valence-corrected chi connectivity index (χ4v) is 4.30. The van der Waals surface area contributed by atoms with E-state index in [1.807, 2.05) is 72.9 Å². The van der Waals surface area contributed by atoms with Crippen molar-refractivity contribution >= 4 is 11.7 Å². The number of pyridine rings is 1. The molecule has 3 heterocycles. The van der Waals surface area contributed by atoms with E-state index in [0.717, 1.165) is 35.7 Å². The summed E-state index contributed by atoms with van der Waals surface area (Å²) in [5.41, 5.74) is 3.57. The van der Waals surface area contributed by atoms with Crippen molar-refractivity contribution in [3.8, 4) is 22.7 Å². The lowest BCUT2D eigenvalue weighted by atomic mass is 10.1. The number of hydrogen-bond donors (Lipinski definition) is 1. The Kier molecular flexibility index (Phi) is 6.95. The number of carbonyl (C=O) groups excluding carboxylic acids is 1. The smallest absolute Gasteiger partial charge is 0.255 e. The Morgan fingerprint density at radius 2 is 1.92 bits per heavy atom. The number of nitrogens with one attached hydrogen (secondary N) is 1. The van der Waals surface area contributed by atoms with Gasteiger partial charge in [0, 0.05) is 37.6 Å². The Hall–Kier alpha value is -4.17. The highest BCUT2D eigenvalue weighted by Gasteiger charge is 2.21. The molecule has 8 nitrogen and oxygen atoms in total. The maximum Gasteiger partial charge on any atom is 0.255 e. The minimum atomic E-state index is -0.218. The van der Waals surface area contributed by atoms with Gasteiger partial charge in [0.15, 0.2) is 0 Å². The molecular formula is C28H29N5O3. The predicted octanol–water partition coefficient (Wildman–Crippen LogP) is 4.10. The number of hydrogen-bond acceptors (Lipinski definition) is 6. The SMILES string of the molecule is COc1ccccc1-c1nn(-c2ccccc2)cc1C(=O)NCc1ccc(N2CCOC(C)C2)nc1. The molecule has 0 aliphatic carbocycles. The normalized spacial score (nSPS) is 15.5. The first-order valence-electron chi connectivity index (χ1n) is 12.0. The highest BCUT2D eigenvalue weighted by molar-refractivity contribution is 6.00. The second kappa shape index (κ2) is 10.6. The first-order valence-corrected chi connectivity index (χ1v) is 12.0. The van der Waals surface area contributed by atoms with Crippen molar-refractivity contribution in [1.82, 2.24) is 20.1 Å². The molecule has 2 aromatic carbocycles.